The SMILES string of the molecule is [C-]#[N+]c1ccc(N(c2cc(-c3ccccc3)cc(-c3ccccc3)c2)c2ccc3ccc4c(N(c5ccc(C#N)cc5)c5cc(-c6ccccc6)cc(-c6ccccc6)c5)ccc5ccc2c3c54)cc1. The topological polar surface area (TPSA) is 34.6 Å². The van der Waals surface area contributed by atoms with Crippen molar-refractivity contribution in [1.82, 2.24) is 0 Å². The van der Waals surface area contributed by atoms with Gasteiger partial charge in [-0.1, -0.05) is 170 Å². The van der Waals surface area contributed by atoms with Crippen LogP contribution in [-0.2, 0) is 0 Å². The zero-order chi connectivity index (χ0) is 47.0. The van der Waals surface area contributed by atoms with Crippen LogP contribution in [0.25, 0.3) is 81.7 Å². The van der Waals surface area contributed by atoms with Crippen LogP contribution >= 0.6 is 0 Å². The van der Waals surface area contributed by atoms with E-state index in [-0.39, 0.29) is 0 Å². The van der Waals surface area contributed by atoms with Crippen LogP contribution in [0.1, 0.15) is 5.56 Å². The Bertz CT molecular complexity index is 3550. The molecule has 0 bridgehead atoms. The Morgan fingerprint density at radius 1 is 0.329 bits per heavy atom. The van der Waals surface area contributed by atoms with Gasteiger partial charge in [0, 0.05) is 33.5 Å². The summed E-state index contributed by atoms with van der Waals surface area (Å²) in [4.78, 5) is 8.45. The maximum absolute atomic E-state index is 9.91. The van der Waals surface area contributed by atoms with Gasteiger partial charge in [0.1, 0.15) is 0 Å². The fourth-order valence-electron chi connectivity index (χ4n) is 10.0. The number of benzene rings is 12. The lowest BCUT2D eigenvalue weighted by molar-refractivity contribution is 1.29. The molecule has 0 aliphatic rings. The maximum Gasteiger partial charge on any atom is 0.187 e. The number of nitrogens with zero attached hydrogens (tertiary/aromatic N) is 4. The second kappa shape index (κ2) is 17.8. The van der Waals surface area contributed by atoms with Gasteiger partial charge in [0.15, 0.2) is 5.69 Å². The van der Waals surface area contributed by atoms with Gasteiger partial charge < -0.3 is 9.80 Å². The van der Waals surface area contributed by atoms with Crippen LogP contribution < -0.4 is 9.80 Å². The molecule has 12 aromatic carbocycles. The lowest BCUT2D eigenvalue weighted by Crippen LogP contribution is -2.12. The highest BCUT2D eigenvalue weighted by atomic mass is 15.2. The van der Waals surface area contributed by atoms with Crippen LogP contribution in [0.3, 0.4) is 0 Å². The summed E-state index contributed by atoms with van der Waals surface area (Å²) in [6.45, 7) is 7.80. The predicted molar refractivity (Wildman–Crippen MR) is 292 cm³/mol. The van der Waals surface area contributed by atoms with Crippen LogP contribution in [0, 0.1) is 17.9 Å². The van der Waals surface area contributed by atoms with Crippen LogP contribution in [-0.4, -0.2) is 0 Å². The number of hydrogen-bond acceptors (Lipinski definition) is 3. The molecule has 0 spiro atoms. The van der Waals surface area contributed by atoms with E-state index in [1.165, 1.54) is 10.8 Å². The van der Waals surface area contributed by atoms with Gasteiger partial charge in [0.25, 0.3) is 0 Å². The van der Waals surface area contributed by atoms with Gasteiger partial charge in [0.05, 0.1) is 29.6 Å². The van der Waals surface area contributed by atoms with Crippen LogP contribution in [0.15, 0.2) is 255 Å². The third kappa shape index (κ3) is 7.63. The first-order valence-corrected chi connectivity index (χ1v) is 23.4. The molecule has 70 heavy (non-hydrogen) atoms. The number of anilines is 6. The molecule has 0 saturated heterocycles. The summed E-state index contributed by atoms with van der Waals surface area (Å²) in [5, 5.41) is 16.7. The monoisotopic (exact) mass is 890 g/mol. The molecule has 0 heterocycles. The number of nitriles is 1. The second-order valence-electron chi connectivity index (χ2n) is 17.6. The molecule has 12 rings (SSSR count). The van der Waals surface area contributed by atoms with Crippen LogP contribution in [0.4, 0.5) is 39.8 Å². The van der Waals surface area contributed by atoms with Crippen molar-refractivity contribution in [3.63, 3.8) is 0 Å². The van der Waals surface area contributed by atoms with Gasteiger partial charge in [-0.3, -0.25) is 0 Å². The molecule has 0 atom stereocenters. The van der Waals surface area contributed by atoms with E-state index in [1.807, 2.05) is 24.3 Å². The summed E-state index contributed by atoms with van der Waals surface area (Å²) in [7, 11) is 0. The van der Waals surface area contributed by atoms with Crippen LogP contribution in [0.5, 0.6) is 0 Å². The van der Waals surface area contributed by atoms with Crippen LogP contribution in [0.2, 0.25) is 0 Å². The Hall–Kier alpha value is -9.74. The van der Waals surface area contributed by atoms with Crippen molar-refractivity contribution in [2.24, 2.45) is 0 Å². The van der Waals surface area contributed by atoms with E-state index in [1.54, 1.807) is 0 Å². The van der Waals surface area contributed by atoms with Crippen molar-refractivity contribution < 1.29 is 0 Å². The minimum atomic E-state index is 0.589. The van der Waals surface area contributed by atoms with Crippen molar-refractivity contribution in [3.8, 4) is 50.6 Å². The fraction of sp³-hybridized carbons (Fsp3) is 0. The molecule has 4 heteroatoms. The molecule has 0 radical (unpaired) electrons. The Kier molecular flexibility index (Phi) is 10.6. The first-order valence-electron chi connectivity index (χ1n) is 23.4. The Labute approximate surface area is 407 Å². The van der Waals surface area contributed by atoms with Gasteiger partial charge in [-0.2, -0.15) is 5.26 Å². The van der Waals surface area contributed by atoms with Crippen molar-refractivity contribution in [2.75, 3.05) is 9.80 Å². The predicted octanol–water partition coefficient (Wildman–Crippen LogP) is 18.6. The van der Waals surface area contributed by atoms with Crippen molar-refractivity contribution in [1.29, 1.82) is 5.26 Å². The highest BCUT2D eigenvalue weighted by Gasteiger charge is 2.24. The molecule has 0 unspecified atom stereocenters. The molecule has 4 nitrogen and oxygen atoms in total. The van der Waals surface area contributed by atoms with E-state index in [0.717, 1.165) is 100 Å². The largest absolute Gasteiger partial charge is 0.310 e. The maximum atomic E-state index is 9.91. The van der Waals surface area contributed by atoms with Crippen molar-refractivity contribution >= 4 is 72.1 Å². The molecule has 0 fully saturated rings. The molecule has 0 N–H and O–H groups in total. The minimum absolute atomic E-state index is 0.589. The lowest BCUT2D eigenvalue weighted by atomic mass is 9.91. The van der Waals surface area contributed by atoms with E-state index in [9.17, 15) is 5.26 Å². The smallest absolute Gasteiger partial charge is 0.187 e. The van der Waals surface area contributed by atoms with Gasteiger partial charge in [-0.05, 0) is 151 Å². The fourth-order valence-corrected chi connectivity index (χ4v) is 10.0. The van der Waals surface area contributed by atoms with E-state index in [4.69, 9.17) is 6.57 Å². The molecule has 0 aromatic heterocycles. The summed E-state index contributed by atoms with van der Waals surface area (Å²) in [6.07, 6.45) is 0. The Morgan fingerprint density at radius 2 is 0.671 bits per heavy atom. The molecule has 12 aromatic rings. The highest BCUT2D eigenvalue weighted by molar-refractivity contribution is 6.28. The standard InChI is InChI=1S/C66H42N4/c1-68-56-28-32-58(33-29-56)70(60-42-54(48-18-10-4-11-19-48)39-55(43-60)49-20-12-5-13-21-49)64-37-27-51-24-34-61-63(36-26-50-25-35-62(64)66(51)65(50)61)69(57-30-22-45(44-67)23-31-57)59-40-52(46-14-6-2-7-15-46)38-53(41-59)47-16-8-3-9-17-47/h2-43H. The number of hydrogen-bond donors (Lipinski definition) is 0. The first kappa shape index (κ1) is 41.7. The van der Waals surface area contributed by atoms with E-state index in [0.29, 0.717) is 11.3 Å². The van der Waals surface area contributed by atoms with Gasteiger partial charge in [-0.15, -0.1) is 0 Å². The quantitative estimate of drug-likeness (QED) is 0.101. The molecule has 326 valence electrons. The Balaban J connectivity index is 1.11. The average molecular weight is 891 g/mol. The summed E-state index contributed by atoms with van der Waals surface area (Å²) >= 11 is 0. The van der Waals surface area contributed by atoms with E-state index < -0.39 is 0 Å². The Morgan fingerprint density at radius 3 is 1.01 bits per heavy atom. The van der Waals surface area contributed by atoms with E-state index in [2.05, 4.69) is 251 Å². The zero-order valence-electron chi connectivity index (χ0n) is 38.0. The molecule has 0 saturated carbocycles. The second-order valence-corrected chi connectivity index (χ2v) is 17.6. The third-order valence-corrected chi connectivity index (χ3v) is 13.4. The summed E-state index contributed by atoms with van der Waals surface area (Å²) < 4.78 is 0. The molecule has 0 aliphatic heterocycles. The van der Waals surface area contributed by atoms with E-state index >= 15 is 0 Å². The summed E-state index contributed by atoms with van der Waals surface area (Å²) in [5.41, 5.74) is 16.1. The van der Waals surface area contributed by atoms with Crippen molar-refractivity contribution in [2.45, 2.75) is 0 Å². The average Bonchev–Trinajstić information content (AvgIpc) is 3.44. The molecular weight excluding hydrogens is 849 g/mol. The minimum Gasteiger partial charge on any atom is -0.310 e. The molecule has 0 aliphatic carbocycles. The normalized spacial score (nSPS) is 11.1. The highest BCUT2D eigenvalue weighted by Crippen LogP contribution is 2.49. The third-order valence-electron chi connectivity index (χ3n) is 13.4. The summed E-state index contributed by atoms with van der Waals surface area (Å²) in [6, 6.07) is 92.1. The zero-order valence-corrected chi connectivity index (χ0v) is 38.0. The van der Waals surface area contributed by atoms with Gasteiger partial charge in [0.2, 0.25) is 0 Å². The molecule has 0 amide bonds. The van der Waals surface area contributed by atoms with Gasteiger partial charge >= 0.3 is 0 Å². The first-order chi connectivity index (χ1) is 34.6. The molecular formula is C66H42N4. The van der Waals surface area contributed by atoms with Gasteiger partial charge in [-0.25, -0.2) is 4.85 Å². The number of rotatable bonds is 10. The van der Waals surface area contributed by atoms with Crippen molar-refractivity contribution in [3.05, 3.63) is 272 Å². The summed E-state index contributed by atoms with van der Waals surface area (Å²) in [5.74, 6) is 0. The lowest BCUT2D eigenvalue weighted by Gasteiger charge is -2.30.